The van der Waals surface area contributed by atoms with Crippen molar-refractivity contribution in [3.05, 3.63) is 69.9 Å². The summed E-state index contributed by atoms with van der Waals surface area (Å²) in [5, 5.41) is 14.2. The zero-order chi connectivity index (χ0) is 21.4. The second-order valence-corrected chi connectivity index (χ2v) is 6.44. The molecule has 0 aliphatic rings. The number of hydrogen-bond acceptors (Lipinski definition) is 7. The normalized spacial score (nSPS) is 11.0. The maximum Gasteiger partial charge on any atom is 0.248 e. The molecular formula is C20H15FN4O5. The Morgan fingerprint density at radius 2 is 2.03 bits per heavy atom. The van der Waals surface area contributed by atoms with Gasteiger partial charge in [0.2, 0.25) is 22.8 Å². The molecule has 10 heteroatoms. The third-order valence-corrected chi connectivity index (χ3v) is 4.44. The Labute approximate surface area is 168 Å². The van der Waals surface area contributed by atoms with E-state index >= 15 is 0 Å². The fourth-order valence-electron chi connectivity index (χ4n) is 2.93. The molecule has 0 aliphatic carbocycles. The van der Waals surface area contributed by atoms with Crippen LogP contribution in [0.3, 0.4) is 0 Å². The molecule has 0 unspecified atom stereocenters. The van der Waals surface area contributed by atoms with Gasteiger partial charge in [0.15, 0.2) is 5.82 Å². The first-order valence-electron chi connectivity index (χ1n) is 8.70. The summed E-state index contributed by atoms with van der Waals surface area (Å²) < 4.78 is 25.8. The van der Waals surface area contributed by atoms with Crippen molar-refractivity contribution in [1.82, 2.24) is 14.8 Å². The van der Waals surface area contributed by atoms with Crippen molar-refractivity contribution in [2.24, 2.45) is 12.8 Å². The Hall–Kier alpha value is -4.21. The molecule has 0 saturated heterocycles. The molecule has 0 radical (unpaired) electrons. The lowest BCUT2D eigenvalue weighted by molar-refractivity contribution is 0.1000. The van der Waals surface area contributed by atoms with Crippen LogP contribution in [0.4, 0.5) is 4.39 Å². The smallest absolute Gasteiger partial charge is 0.248 e. The van der Waals surface area contributed by atoms with E-state index in [0.29, 0.717) is 5.56 Å². The number of amides is 1. The lowest BCUT2D eigenvalue weighted by Crippen LogP contribution is -2.13. The van der Waals surface area contributed by atoms with Crippen molar-refractivity contribution >= 4 is 16.9 Å². The van der Waals surface area contributed by atoms with E-state index in [4.69, 9.17) is 14.9 Å². The molecule has 2 heterocycles. The lowest BCUT2D eigenvalue weighted by Gasteiger charge is -2.12. The van der Waals surface area contributed by atoms with Crippen LogP contribution in [0.25, 0.3) is 22.6 Å². The number of nitrogens with zero attached hydrogens (tertiary/aromatic N) is 3. The van der Waals surface area contributed by atoms with E-state index in [2.05, 4.69) is 10.1 Å². The molecule has 0 bridgehead atoms. The summed E-state index contributed by atoms with van der Waals surface area (Å²) >= 11 is 0. The number of aromatic hydroxyl groups is 1. The summed E-state index contributed by atoms with van der Waals surface area (Å²) in [5.74, 6) is -1.96. The first-order chi connectivity index (χ1) is 14.3. The van der Waals surface area contributed by atoms with E-state index in [0.717, 1.165) is 0 Å². The number of nitrogens with two attached hydrogens (primary N) is 1. The highest BCUT2D eigenvalue weighted by molar-refractivity contribution is 5.99. The molecule has 9 nitrogen and oxygen atoms in total. The van der Waals surface area contributed by atoms with Crippen molar-refractivity contribution < 1.29 is 23.4 Å². The third-order valence-electron chi connectivity index (χ3n) is 4.44. The molecule has 152 valence electrons. The number of benzene rings is 2. The lowest BCUT2D eigenvalue weighted by atomic mass is 10.1. The number of hydrogen-bond donors (Lipinski definition) is 2. The zero-order valence-electron chi connectivity index (χ0n) is 15.6. The number of rotatable bonds is 5. The first kappa shape index (κ1) is 19.1. The highest BCUT2D eigenvalue weighted by atomic mass is 19.1. The van der Waals surface area contributed by atoms with Crippen molar-refractivity contribution in [1.29, 1.82) is 0 Å². The monoisotopic (exact) mass is 410 g/mol. The first-order valence-corrected chi connectivity index (χ1v) is 8.70. The molecule has 30 heavy (non-hydrogen) atoms. The van der Waals surface area contributed by atoms with E-state index in [9.17, 15) is 19.1 Å². The van der Waals surface area contributed by atoms with Gasteiger partial charge in [-0.25, -0.2) is 14.1 Å². The summed E-state index contributed by atoms with van der Waals surface area (Å²) in [7, 11) is 1.56. The Morgan fingerprint density at radius 3 is 2.67 bits per heavy atom. The molecular weight excluding hydrogens is 395 g/mol. The fourth-order valence-corrected chi connectivity index (χ4v) is 2.93. The second-order valence-electron chi connectivity index (χ2n) is 6.44. The van der Waals surface area contributed by atoms with E-state index < -0.39 is 22.9 Å². The minimum Gasteiger partial charge on any atom is -0.501 e. The van der Waals surface area contributed by atoms with E-state index in [-0.39, 0.29) is 40.5 Å². The number of fused-ring (bicyclic) bond motifs is 1. The van der Waals surface area contributed by atoms with Crippen LogP contribution in [0.2, 0.25) is 0 Å². The average molecular weight is 410 g/mol. The van der Waals surface area contributed by atoms with Crippen LogP contribution in [0, 0.1) is 5.82 Å². The fraction of sp³-hybridized carbons (Fsp3) is 0.100. The second kappa shape index (κ2) is 7.32. The Kier molecular flexibility index (Phi) is 4.66. The van der Waals surface area contributed by atoms with Gasteiger partial charge in [-0.3, -0.25) is 9.59 Å². The van der Waals surface area contributed by atoms with E-state index in [1.54, 1.807) is 7.05 Å². The number of aryl methyl sites for hydroxylation is 1. The highest BCUT2D eigenvalue weighted by Crippen LogP contribution is 2.33. The molecule has 3 N–H and O–H groups in total. The summed E-state index contributed by atoms with van der Waals surface area (Å²) in [4.78, 5) is 28.6. The largest absolute Gasteiger partial charge is 0.501 e. The van der Waals surface area contributed by atoms with Gasteiger partial charge in [-0.2, -0.15) is 5.10 Å². The summed E-state index contributed by atoms with van der Waals surface area (Å²) in [5.41, 5.74) is 5.25. The van der Waals surface area contributed by atoms with Crippen molar-refractivity contribution in [2.45, 2.75) is 6.61 Å². The SMILES string of the molecule is Cn1ncnc1-c1oc2cc(C(N)=O)cc(OCc3ccc(F)cc3)c2c(=O)c1O. The van der Waals surface area contributed by atoms with Crippen molar-refractivity contribution in [3.8, 4) is 23.1 Å². The predicted octanol–water partition coefficient (Wildman–Crippen LogP) is 2.11. The zero-order valence-corrected chi connectivity index (χ0v) is 15.6. The molecule has 1 amide bonds. The summed E-state index contributed by atoms with van der Waals surface area (Å²) in [6, 6.07) is 8.13. The number of aromatic nitrogens is 3. The summed E-state index contributed by atoms with van der Waals surface area (Å²) in [6.45, 7) is -0.0250. The van der Waals surface area contributed by atoms with Crippen LogP contribution in [0.5, 0.6) is 11.5 Å². The number of carbonyl (C=O) groups is 1. The standard InChI is InChI=1S/C20H15FN4O5/c1-25-20(23-9-24-25)18-17(27)16(26)15-13(6-11(19(22)28)7-14(15)30-18)29-8-10-2-4-12(21)5-3-10/h2-7,9,27H,8H2,1H3,(H2,22,28). The Balaban J connectivity index is 1.87. The molecule has 4 aromatic rings. The van der Waals surface area contributed by atoms with Crippen LogP contribution < -0.4 is 15.9 Å². The average Bonchev–Trinajstić information content (AvgIpc) is 3.15. The van der Waals surface area contributed by atoms with Gasteiger partial charge in [-0.15, -0.1) is 0 Å². The molecule has 2 aromatic heterocycles. The van der Waals surface area contributed by atoms with Crippen LogP contribution >= 0.6 is 0 Å². The van der Waals surface area contributed by atoms with Crippen LogP contribution in [0.1, 0.15) is 15.9 Å². The van der Waals surface area contributed by atoms with Crippen molar-refractivity contribution in [2.75, 3.05) is 0 Å². The highest BCUT2D eigenvalue weighted by Gasteiger charge is 2.23. The maximum absolute atomic E-state index is 13.1. The van der Waals surface area contributed by atoms with Gasteiger partial charge in [-0.05, 0) is 29.8 Å². The third kappa shape index (κ3) is 3.34. The van der Waals surface area contributed by atoms with Crippen LogP contribution in [-0.4, -0.2) is 25.8 Å². The minimum atomic E-state index is -0.778. The van der Waals surface area contributed by atoms with Gasteiger partial charge in [0.25, 0.3) is 0 Å². The number of carbonyl (C=O) groups excluding carboxylic acids is 1. The molecule has 0 saturated carbocycles. The molecule has 0 atom stereocenters. The van der Waals surface area contributed by atoms with Gasteiger partial charge in [0.1, 0.15) is 35.5 Å². The van der Waals surface area contributed by atoms with Gasteiger partial charge in [0, 0.05) is 12.6 Å². The predicted molar refractivity (Wildman–Crippen MR) is 103 cm³/mol. The topological polar surface area (TPSA) is 133 Å². The molecule has 0 spiro atoms. The molecule has 0 fully saturated rings. The number of primary amides is 1. The molecule has 0 aliphatic heterocycles. The Bertz CT molecular complexity index is 1330. The Morgan fingerprint density at radius 1 is 1.30 bits per heavy atom. The minimum absolute atomic E-state index is 0.0146. The van der Waals surface area contributed by atoms with Gasteiger partial charge in [0.05, 0.1) is 0 Å². The van der Waals surface area contributed by atoms with E-state index in [1.807, 2.05) is 0 Å². The maximum atomic E-state index is 13.1. The van der Waals surface area contributed by atoms with E-state index in [1.165, 1.54) is 47.4 Å². The van der Waals surface area contributed by atoms with Gasteiger partial charge in [-0.1, -0.05) is 12.1 Å². The van der Waals surface area contributed by atoms with Crippen LogP contribution in [-0.2, 0) is 13.7 Å². The van der Waals surface area contributed by atoms with Gasteiger partial charge < -0.3 is 20.0 Å². The number of halogens is 1. The number of ether oxygens (including phenoxy) is 1. The molecule has 2 aromatic carbocycles. The van der Waals surface area contributed by atoms with Crippen LogP contribution in [0.15, 0.2) is 51.9 Å². The molecule has 4 rings (SSSR count). The summed E-state index contributed by atoms with van der Waals surface area (Å²) in [6.07, 6.45) is 1.23. The quantitative estimate of drug-likeness (QED) is 0.515. The van der Waals surface area contributed by atoms with Crippen molar-refractivity contribution in [3.63, 3.8) is 0 Å². The van der Waals surface area contributed by atoms with Gasteiger partial charge >= 0.3 is 0 Å².